The summed E-state index contributed by atoms with van der Waals surface area (Å²) in [5.41, 5.74) is 8.04. The summed E-state index contributed by atoms with van der Waals surface area (Å²) in [6.07, 6.45) is 1.88. The Labute approximate surface area is 163 Å². The third-order valence-electron chi connectivity index (χ3n) is 4.09. The summed E-state index contributed by atoms with van der Waals surface area (Å²) in [6.45, 7) is 1.24. The Morgan fingerprint density at radius 2 is 1.96 bits per heavy atom. The number of hydrogen-bond donors (Lipinski definition) is 2. The first-order valence-corrected chi connectivity index (χ1v) is 9.60. The van der Waals surface area contributed by atoms with Crippen molar-refractivity contribution in [1.29, 1.82) is 0 Å². The number of guanidine groups is 1. The van der Waals surface area contributed by atoms with Crippen LogP contribution in [0.3, 0.4) is 0 Å². The van der Waals surface area contributed by atoms with Crippen molar-refractivity contribution in [2.24, 2.45) is 10.7 Å². The molecule has 0 saturated carbocycles. The number of ether oxygens (including phenoxy) is 2. The van der Waals surface area contributed by atoms with Gasteiger partial charge in [-0.3, -0.25) is 0 Å². The minimum absolute atomic E-state index is 0.439. The Kier molecular flexibility index (Phi) is 6.49. The molecule has 6 nitrogen and oxygen atoms in total. The van der Waals surface area contributed by atoms with Gasteiger partial charge in [-0.1, -0.05) is 18.2 Å². The molecule has 3 aromatic rings. The highest BCUT2D eigenvalue weighted by atomic mass is 32.1. The van der Waals surface area contributed by atoms with Crippen LogP contribution in [-0.4, -0.2) is 31.7 Å². The van der Waals surface area contributed by atoms with E-state index in [0.29, 0.717) is 24.0 Å². The second-order valence-corrected chi connectivity index (χ2v) is 7.11. The van der Waals surface area contributed by atoms with E-state index in [9.17, 15) is 0 Å². The fraction of sp³-hybridized carbons (Fsp3) is 0.300. The summed E-state index contributed by atoms with van der Waals surface area (Å²) < 4.78 is 11.8. The quantitative estimate of drug-likeness (QED) is 0.354. The van der Waals surface area contributed by atoms with Crippen LogP contribution < -0.4 is 20.5 Å². The van der Waals surface area contributed by atoms with Crippen LogP contribution in [0.1, 0.15) is 17.0 Å². The lowest BCUT2D eigenvalue weighted by Crippen LogP contribution is -2.32. The fourth-order valence-corrected chi connectivity index (χ4v) is 3.70. The number of aromatic nitrogens is 1. The predicted molar refractivity (Wildman–Crippen MR) is 111 cm³/mol. The number of nitrogens with two attached hydrogens (primary N) is 1. The van der Waals surface area contributed by atoms with Crippen LogP contribution in [0.2, 0.25) is 0 Å². The molecule has 1 heterocycles. The van der Waals surface area contributed by atoms with Gasteiger partial charge in [-0.2, -0.15) is 0 Å². The Hall–Kier alpha value is -2.80. The Morgan fingerprint density at radius 3 is 2.74 bits per heavy atom. The van der Waals surface area contributed by atoms with Gasteiger partial charge in [0, 0.05) is 13.0 Å². The van der Waals surface area contributed by atoms with Crippen LogP contribution in [0.4, 0.5) is 0 Å². The summed E-state index contributed by atoms with van der Waals surface area (Å²) in [4.78, 5) is 9.02. The fourth-order valence-electron chi connectivity index (χ4n) is 2.69. The smallest absolute Gasteiger partial charge is 0.188 e. The van der Waals surface area contributed by atoms with Gasteiger partial charge in [-0.25, -0.2) is 9.98 Å². The van der Waals surface area contributed by atoms with Gasteiger partial charge in [-0.15, -0.1) is 11.3 Å². The highest BCUT2D eigenvalue weighted by Crippen LogP contribution is 2.27. The molecule has 0 atom stereocenters. The summed E-state index contributed by atoms with van der Waals surface area (Å²) in [5, 5.41) is 4.31. The first-order valence-electron chi connectivity index (χ1n) is 8.78. The van der Waals surface area contributed by atoms with Crippen LogP contribution in [0, 0.1) is 0 Å². The molecule has 0 saturated heterocycles. The minimum atomic E-state index is 0.439. The molecule has 1 aromatic heterocycles. The van der Waals surface area contributed by atoms with Crippen molar-refractivity contribution in [2.75, 3.05) is 20.8 Å². The van der Waals surface area contributed by atoms with E-state index in [1.165, 1.54) is 4.70 Å². The van der Waals surface area contributed by atoms with Crippen molar-refractivity contribution in [3.8, 4) is 11.5 Å². The number of rotatable bonds is 8. The van der Waals surface area contributed by atoms with Crippen molar-refractivity contribution in [3.05, 3.63) is 53.0 Å². The average molecular weight is 385 g/mol. The molecule has 142 valence electrons. The Bertz CT molecular complexity index is 890. The van der Waals surface area contributed by atoms with Crippen LogP contribution in [-0.2, 0) is 13.0 Å². The van der Waals surface area contributed by atoms with Gasteiger partial charge in [0.05, 0.1) is 36.0 Å². The van der Waals surface area contributed by atoms with Crippen molar-refractivity contribution < 1.29 is 9.47 Å². The molecule has 0 spiro atoms. The van der Waals surface area contributed by atoms with Crippen molar-refractivity contribution >= 4 is 27.5 Å². The zero-order valence-electron chi connectivity index (χ0n) is 15.6. The molecular formula is C20H24N4O2S. The maximum Gasteiger partial charge on any atom is 0.188 e. The van der Waals surface area contributed by atoms with Gasteiger partial charge in [0.25, 0.3) is 0 Å². The molecule has 0 radical (unpaired) electrons. The molecule has 27 heavy (non-hydrogen) atoms. The van der Waals surface area contributed by atoms with E-state index in [2.05, 4.69) is 21.4 Å². The molecule has 0 aliphatic heterocycles. The Morgan fingerprint density at radius 1 is 1.15 bits per heavy atom. The summed E-state index contributed by atoms with van der Waals surface area (Å²) in [5.74, 6) is 1.83. The number of aryl methyl sites for hydroxylation is 1. The van der Waals surface area contributed by atoms with E-state index in [1.807, 2.05) is 36.4 Å². The molecule has 0 unspecified atom stereocenters. The predicted octanol–water partition coefficient (Wildman–Crippen LogP) is 3.35. The average Bonchev–Trinajstić information content (AvgIpc) is 3.12. The van der Waals surface area contributed by atoms with Gasteiger partial charge < -0.3 is 20.5 Å². The maximum atomic E-state index is 5.96. The van der Waals surface area contributed by atoms with Crippen molar-refractivity contribution in [3.63, 3.8) is 0 Å². The van der Waals surface area contributed by atoms with Crippen LogP contribution >= 0.6 is 11.3 Å². The first kappa shape index (κ1) is 19.0. The van der Waals surface area contributed by atoms with Crippen LogP contribution in [0.25, 0.3) is 10.2 Å². The number of para-hydroxylation sites is 1. The SMILES string of the molecule is COc1ccc(CN=C(N)NCCCc2nc3ccccc3s2)cc1OC. The van der Waals surface area contributed by atoms with Gasteiger partial charge in [0.15, 0.2) is 17.5 Å². The van der Waals surface area contributed by atoms with E-state index in [-0.39, 0.29) is 0 Å². The number of fused-ring (bicyclic) bond motifs is 1. The van der Waals surface area contributed by atoms with Crippen LogP contribution in [0.15, 0.2) is 47.5 Å². The summed E-state index contributed by atoms with van der Waals surface area (Å²) in [6, 6.07) is 13.9. The summed E-state index contributed by atoms with van der Waals surface area (Å²) >= 11 is 1.75. The number of aliphatic imine (C=N–C) groups is 1. The number of benzene rings is 2. The second kappa shape index (κ2) is 9.23. The topological polar surface area (TPSA) is 81.8 Å². The van der Waals surface area contributed by atoms with Gasteiger partial charge in [0.2, 0.25) is 0 Å². The zero-order chi connectivity index (χ0) is 19.1. The molecule has 3 rings (SSSR count). The van der Waals surface area contributed by atoms with E-state index >= 15 is 0 Å². The molecule has 0 amide bonds. The van der Waals surface area contributed by atoms with Crippen LogP contribution in [0.5, 0.6) is 11.5 Å². The van der Waals surface area contributed by atoms with E-state index in [1.54, 1.807) is 25.6 Å². The van der Waals surface area contributed by atoms with Crippen molar-refractivity contribution in [2.45, 2.75) is 19.4 Å². The summed E-state index contributed by atoms with van der Waals surface area (Å²) in [7, 11) is 3.23. The third kappa shape index (κ3) is 5.10. The van der Waals surface area contributed by atoms with Crippen molar-refractivity contribution in [1.82, 2.24) is 10.3 Å². The molecule has 0 bridgehead atoms. The van der Waals surface area contributed by atoms with Gasteiger partial charge in [-0.05, 0) is 36.2 Å². The minimum Gasteiger partial charge on any atom is -0.493 e. The first-order chi connectivity index (χ1) is 13.2. The molecule has 0 aliphatic rings. The van der Waals surface area contributed by atoms with E-state index in [4.69, 9.17) is 15.2 Å². The molecule has 2 aromatic carbocycles. The maximum absolute atomic E-state index is 5.96. The lowest BCUT2D eigenvalue weighted by molar-refractivity contribution is 0.354. The van der Waals surface area contributed by atoms with E-state index < -0.39 is 0 Å². The number of methoxy groups -OCH3 is 2. The zero-order valence-corrected chi connectivity index (χ0v) is 16.4. The third-order valence-corrected chi connectivity index (χ3v) is 5.19. The highest BCUT2D eigenvalue weighted by Gasteiger charge is 2.05. The standard InChI is InChI=1S/C20H24N4O2S/c1-25-16-10-9-14(12-17(16)26-2)13-23-20(21)22-11-5-8-19-24-15-6-3-4-7-18(15)27-19/h3-4,6-7,9-10,12H,5,8,11,13H2,1-2H3,(H3,21,22,23). The monoisotopic (exact) mass is 384 g/mol. The number of nitrogens with one attached hydrogen (secondary N) is 1. The molecule has 7 heteroatoms. The lowest BCUT2D eigenvalue weighted by atomic mass is 10.2. The molecule has 0 fully saturated rings. The van der Waals surface area contributed by atoms with Gasteiger partial charge in [0.1, 0.15) is 0 Å². The van der Waals surface area contributed by atoms with E-state index in [0.717, 1.165) is 35.5 Å². The normalized spacial score (nSPS) is 11.6. The van der Waals surface area contributed by atoms with Gasteiger partial charge >= 0.3 is 0 Å². The molecule has 0 aliphatic carbocycles. The number of nitrogens with zero attached hydrogens (tertiary/aromatic N) is 2. The Balaban J connectivity index is 1.45. The lowest BCUT2D eigenvalue weighted by Gasteiger charge is -2.09. The number of hydrogen-bond acceptors (Lipinski definition) is 5. The number of thiazole rings is 1. The largest absolute Gasteiger partial charge is 0.493 e. The second-order valence-electron chi connectivity index (χ2n) is 6.00. The highest BCUT2D eigenvalue weighted by molar-refractivity contribution is 7.18. The molecule has 3 N–H and O–H groups in total. The molecular weight excluding hydrogens is 360 g/mol.